The topological polar surface area (TPSA) is 0 Å². The zero-order chi connectivity index (χ0) is 36.8. The Balaban J connectivity index is 1.13. The molecule has 2 aromatic carbocycles. The third-order valence-electron chi connectivity index (χ3n) is 11.8. The number of benzene rings is 2. The van der Waals surface area contributed by atoms with Crippen LogP contribution in [0.3, 0.4) is 0 Å². The second kappa shape index (κ2) is 13.1. The van der Waals surface area contributed by atoms with Crippen LogP contribution in [-0.4, -0.2) is 16.1 Å². The predicted molar refractivity (Wildman–Crippen MR) is 250 cm³/mol. The van der Waals surface area contributed by atoms with Crippen LogP contribution in [0.1, 0.15) is 41.5 Å². The lowest BCUT2D eigenvalue weighted by Gasteiger charge is -2.35. The smallest absolute Gasteiger partial charge is 0.0987 e. The summed E-state index contributed by atoms with van der Waals surface area (Å²) in [5, 5.41) is 6.14. The molecule has 0 radical (unpaired) electrons. The highest BCUT2D eigenvalue weighted by Gasteiger charge is 2.39. The summed E-state index contributed by atoms with van der Waals surface area (Å²) in [7, 11) is -3.18. The summed E-state index contributed by atoms with van der Waals surface area (Å²) in [5.41, 5.74) is 0. The van der Waals surface area contributed by atoms with Crippen molar-refractivity contribution in [3.8, 4) is 48.8 Å². The lowest BCUT2D eigenvalue weighted by Crippen LogP contribution is -2.47. The molecule has 266 valence electrons. The molecule has 0 aliphatic carbocycles. The van der Waals surface area contributed by atoms with Crippen molar-refractivity contribution in [3.63, 3.8) is 0 Å². The van der Waals surface area contributed by atoms with Crippen molar-refractivity contribution in [2.24, 2.45) is 0 Å². The van der Waals surface area contributed by atoms with Gasteiger partial charge in [0.15, 0.2) is 0 Å². The Bertz CT molecular complexity index is 2380. The third kappa shape index (κ3) is 6.15. The van der Waals surface area contributed by atoms with Crippen molar-refractivity contribution in [1.82, 2.24) is 0 Å². The van der Waals surface area contributed by atoms with Crippen LogP contribution in [0, 0.1) is 0 Å². The first-order chi connectivity index (χ1) is 24.5. The van der Waals surface area contributed by atoms with Crippen molar-refractivity contribution in [1.29, 1.82) is 0 Å². The van der Waals surface area contributed by atoms with Gasteiger partial charge in [-0.1, -0.05) is 128 Å². The molecule has 0 aliphatic rings. The van der Waals surface area contributed by atoms with E-state index in [4.69, 9.17) is 0 Å². The molecule has 0 nitrogen and oxygen atoms in total. The Labute approximate surface area is 335 Å². The summed E-state index contributed by atoms with van der Waals surface area (Å²) in [6, 6.07) is 37.1. The van der Waals surface area contributed by atoms with E-state index in [-0.39, 0.29) is 0 Å². The Kier molecular flexibility index (Phi) is 9.23. The molecule has 0 aliphatic heterocycles. The first-order valence-corrected chi connectivity index (χ1v) is 28.9. The summed E-state index contributed by atoms with van der Waals surface area (Å²) >= 11 is 11.9. The molecule has 0 unspecified atom stereocenters. The standard InChI is InChI=1S/C44H46S6Si2/c1-43(2,3)51(7,8)37-25-23-35(47-37)41-29-17-13-11-15-27(29)39(49-41)33-21-19-31(45-33)32-20-22-34(46-32)40-28-16-12-14-18-30(28)42(50-40)36-24-26-38(48-36)52(9,10)44(4,5)6/h11-26H,1-10H3. The Morgan fingerprint density at radius 1 is 0.327 bits per heavy atom. The van der Waals surface area contributed by atoms with Gasteiger partial charge < -0.3 is 0 Å². The first kappa shape index (κ1) is 36.6. The molecule has 0 amide bonds. The number of rotatable bonds is 7. The summed E-state index contributed by atoms with van der Waals surface area (Å²) in [6.07, 6.45) is 0. The maximum Gasteiger partial charge on any atom is 0.0987 e. The molecule has 0 N–H and O–H groups in total. The molecular formula is C44H46S6Si2. The molecule has 0 bridgehead atoms. The van der Waals surface area contributed by atoms with E-state index < -0.39 is 16.1 Å². The second-order valence-electron chi connectivity index (χ2n) is 17.0. The van der Waals surface area contributed by atoms with Gasteiger partial charge in [0.05, 0.1) is 35.7 Å². The van der Waals surface area contributed by atoms with Crippen LogP contribution < -0.4 is 9.00 Å². The van der Waals surface area contributed by atoms with E-state index in [1.165, 1.54) is 70.3 Å². The van der Waals surface area contributed by atoms with Crippen LogP contribution in [0.4, 0.5) is 0 Å². The van der Waals surface area contributed by atoms with Crippen molar-refractivity contribution < 1.29 is 0 Å². The molecule has 0 atom stereocenters. The zero-order valence-corrected chi connectivity index (χ0v) is 38.6. The van der Waals surface area contributed by atoms with Gasteiger partial charge in [-0.05, 0) is 55.5 Å². The molecule has 0 fully saturated rings. The van der Waals surface area contributed by atoms with Gasteiger partial charge in [-0.15, -0.1) is 68.0 Å². The van der Waals surface area contributed by atoms with Gasteiger partial charge in [0.2, 0.25) is 0 Å². The molecule has 0 saturated carbocycles. The lowest BCUT2D eigenvalue weighted by atomic mass is 10.1. The van der Waals surface area contributed by atoms with E-state index in [1.807, 2.05) is 68.0 Å². The molecule has 8 heteroatoms. The Hall–Kier alpha value is -2.41. The average Bonchev–Trinajstić information content (AvgIpc) is 3.94. The predicted octanol–water partition coefficient (Wildman–Crippen LogP) is 16.1. The molecule has 52 heavy (non-hydrogen) atoms. The number of thiophene rings is 6. The number of hydrogen-bond acceptors (Lipinski definition) is 6. The van der Waals surface area contributed by atoms with Gasteiger partial charge in [0.25, 0.3) is 0 Å². The highest BCUT2D eigenvalue weighted by Crippen LogP contribution is 2.52. The van der Waals surface area contributed by atoms with Gasteiger partial charge in [0.1, 0.15) is 0 Å². The third-order valence-corrected chi connectivity index (χ3v) is 33.1. The molecule has 0 spiro atoms. The van der Waals surface area contributed by atoms with Gasteiger partial charge in [-0.2, -0.15) is 0 Å². The SMILES string of the molecule is CC(C)(C)[Si](C)(C)c1ccc(-c2sc(-c3ccc(-c4ccc(-c5sc(-c6ccc([Si](C)(C)C(C)(C)C)s6)c6ccccc56)s4)s3)c3ccccc23)s1. The highest BCUT2D eigenvalue weighted by atomic mass is 32.1. The summed E-state index contributed by atoms with van der Waals surface area (Å²) in [5.74, 6) is 0. The lowest BCUT2D eigenvalue weighted by molar-refractivity contribution is 0.730. The monoisotopic (exact) mass is 822 g/mol. The van der Waals surface area contributed by atoms with Gasteiger partial charge in [-0.25, -0.2) is 0 Å². The van der Waals surface area contributed by atoms with Crippen LogP contribution in [-0.2, 0) is 0 Å². The minimum Gasteiger partial charge on any atom is -0.144 e. The van der Waals surface area contributed by atoms with Crippen molar-refractivity contribution >= 4 is 115 Å². The van der Waals surface area contributed by atoms with Crippen LogP contribution in [0.2, 0.25) is 36.3 Å². The van der Waals surface area contributed by atoms with Crippen LogP contribution in [0.15, 0.2) is 97.1 Å². The molecule has 0 saturated heterocycles. The highest BCUT2D eigenvalue weighted by molar-refractivity contribution is 7.34. The molecule has 8 aromatic rings. The van der Waals surface area contributed by atoms with Crippen LogP contribution in [0.25, 0.3) is 70.3 Å². The van der Waals surface area contributed by atoms with E-state index in [1.54, 1.807) is 9.00 Å². The average molecular weight is 823 g/mol. The van der Waals surface area contributed by atoms with E-state index in [2.05, 4.69) is 165 Å². The number of hydrogen-bond donors (Lipinski definition) is 0. The Morgan fingerprint density at radius 2 is 0.596 bits per heavy atom. The quantitative estimate of drug-likeness (QED) is 0.141. The molecule has 6 aromatic heterocycles. The molecule has 6 heterocycles. The summed E-state index contributed by atoms with van der Waals surface area (Å²) in [4.78, 5) is 13.8. The van der Waals surface area contributed by atoms with E-state index in [9.17, 15) is 0 Å². The maximum atomic E-state index is 2.53. The number of fused-ring (bicyclic) bond motifs is 2. The summed E-state index contributed by atoms with van der Waals surface area (Å²) in [6.45, 7) is 24.6. The first-order valence-electron chi connectivity index (χ1n) is 18.0. The fourth-order valence-corrected chi connectivity index (χ4v) is 20.1. The molecule has 8 rings (SSSR count). The normalized spacial score (nSPS) is 13.2. The van der Waals surface area contributed by atoms with Gasteiger partial charge >= 0.3 is 0 Å². The summed E-state index contributed by atoms with van der Waals surface area (Å²) < 4.78 is 3.19. The second-order valence-corrected chi connectivity index (χ2v) is 34.7. The van der Waals surface area contributed by atoms with Crippen molar-refractivity contribution in [2.45, 2.75) is 77.8 Å². The van der Waals surface area contributed by atoms with E-state index in [0.717, 1.165) is 0 Å². The Morgan fingerprint density at radius 3 is 0.904 bits per heavy atom. The van der Waals surface area contributed by atoms with Crippen molar-refractivity contribution in [2.75, 3.05) is 0 Å². The zero-order valence-electron chi connectivity index (χ0n) is 31.7. The van der Waals surface area contributed by atoms with E-state index >= 15 is 0 Å². The van der Waals surface area contributed by atoms with Crippen molar-refractivity contribution in [3.05, 3.63) is 97.1 Å². The van der Waals surface area contributed by atoms with Gasteiger partial charge in [0, 0.05) is 50.8 Å². The minimum absolute atomic E-state index is 0.324. The fraction of sp³-hybridized carbons (Fsp3) is 0.273. The van der Waals surface area contributed by atoms with Crippen LogP contribution in [0.5, 0.6) is 0 Å². The van der Waals surface area contributed by atoms with Crippen LogP contribution >= 0.6 is 68.0 Å². The minimum atomic E-state index is -1.59. The maximum absolute atomic E-state index is 2.53. The largest absolute Gasteiger partial charge is 0.144 e. The molecular weight excluding hydrogens is 777 g/mol. The van der Waals surface area contributed by atoms with Gasteiger partial charge in [-0.3, -0.25) is 0 Å². The fourth-order valence-electron chi connectivity index (χ4n) is 6.43. The van der Waals surface area contributed by atoms with E-state index in [0.29, 0.717) is 10.1 Å².